The van der Waals surface area contributed by atoms with Crippen LogP contribution in [0.3, 0.4) is 0 Å². The largest absolute Gasteiger partial charge is 0.433 e. The molecule has 0 aliphatic rings. The molecule has 4 heterocycles. The van der Waals surface area contributed by atoms with Crippen molar-refractivity contribution in [1.82, 2.24) is 24.1 Å². The van der Waals surface area contributed by atoms with Gasteiger partial charge in [-0.2, -0.15) is 18.3 Å². The standard InChI is InChI=1S/C18H15F3N6O3S/c1-3-31(29,30)15-11-5-4-9(16(22)28)8-27(11)25-14(15)17-24-10-6-13(18(19,20)21)23-7-12(10)26(17)2/h4-8H,3H2,1-2H3,(H2,22,28). The van der Waals surface area contributed by atoms with E-state index < -0.39 is 27.6 Å². The molecule has 0 spiro atoms. The second kappa shape index (κ2) is 6.77. The lowest BCUT2D eigenvalue weighted by Crippen LogP contribution is -2.12. The molecule has 0 aliphatic carbocycles. The number of primary amides is 1. The summed E-state index contributed by atoms with van der Waals surface area (Å²) in [6.07, 6.45) is -2.36. The van der Waals surface area contributed by atoms with E-state index in [1.165, 1.54) is 41.4 Å². The summed E-state index contributed by atoms with van der Waals surface area (Å²) in [5, 5.41) is 4.27. The molecule has 0 atom stereocenters. The van der Waals surface area contributed by atoms with Crippen LogP contribution in [0.2, 0.25) is 0 Å². The highest BCUT2D eigenvalue weighted by Gasteiger charge is 2.34. The molecule has 0 radical (unpaired) electrons. The normalized spacial score (nSPS) is 12.7. The van der Waals surface area contributed by atoms with Gasteiger partial charge in [-0.25, -0.2) is 22.9 Å². The topological polar surface area (TPSA) is 125 Å². The molecule has 9 nitrogen and oxygen atoms in total. The first-order valence-corrected chi connectivity index (χ1v) is 10.5. The molecule has 0 saturated carbocycles. The smallest absolute Gasteiger partial charge is 0.366 e. The van der Waals surface area contributed by atoms with E-state index in [0.717, 1.165) is 12.3 Å². The summed E-state index contributed by atoms with van der Waals surface area (Å²) < 4.78 is 67.4. The number of carbonyl (C=O) groups excluding carboxylic acids is 1. The van der Waals surface area contributed by atoms with Crippen molar-refractivity contribution in [3.05, 3.63) is 41.9 Å². The number of carbonyl (C=O) groups is 1. The maximum Gasteiger partial charge on any atom is 0.433 e. The minimum atomic E-state index is -4.66. The van der Waals surface area contributed by atoms with Crippen molar-refractivity contribution >= 4 is 32.3 Å². The number of aryl methyl sites for hydroxylation is 1. The number of nitrogens with zero attached hydrogens (tertiary/aromatic N) is 5. The maximum absolute atomic E-state index is 13.0. The third-order valence-electron chi connectivity index (χ3n) is 4.83. The summed E-state index contributed by atoms with van der Waals surface area (Å²) in [6.45, 7) is 1.45. The monoisotopic (exact) mass is 452 g/mol. The number of fused-ring (bicyclic) bond motifs is 2. The third kappa shape index (κ3) is 3.30. The van der Waals surface area contributed by atoms with Crippen molar-refractivity contribution in [3.8, 4) is 11.5 Å². The Labute approximate surface area is 173 Å². The van der Waals surface area contributed by atoms with Gasteiger partial charge in [0.2, 0.25) is 5.91 Å². The molecule has 4 aromatic rings. The van der Waals surface area contributed by atoms with Gasteiger partial charge in [0.15, 0.2) is 15.7 Å². The number of hydrogen-bond donors (Lipinski definition) is 1. The van der Waals surface area contributed by atoms with Crippen LogP contribution in [-0.4, -0.2) is 44.2 Å². The minimum absolute atomic E-state index is 0.0189. The summed E-state index contributed by atoms with van der Waals surface area (Å²) in [4.78, 5) is 19.0. The number of imidazole rings is 1. The van der Waals surface area contributed by atoms with Crippen molar-refractivity contribution in [3.63, 3.8) is 0 Å². The van der Waals surface area contributed by atoms with Crippen LogP contribution in [0.5, 0.6) is 0 Å². The average Bonchev–Trinajstić information content (AvgIpc) is 3.24. The Kier molecular flexibility index (Phi) is 4.54. The van der Waals surface area contributed by atoms with Crippen molar-refractivity contribution in [1.29, 1.82) is 0 Å². The van der Waals surface area contributed by atoms with Crippen LogP contribution in [0.4, 0.5) is 13.2 Å². The Hall–Kier alpha value is -3.48. The molecular weight excluding hydrogens is 437 g/mol. The molecule has 1 amide bonds. The molecule has 162 valence electrons. The van der Waals surface area contributed by atoms with Gasteiger partial charge in [0.25, 0.3) is 0 Å². The Morgan fingerprint density at radius 1 is 1.23 bits per heavy atom. The predicted molar refractivity (Wildman–Crippen MR) is 104 cm³/mol. The van der Waals surface area contributed by atoms with E-state index in [-0.39, 0.29) is 44.3 Å². The average molecular weight is 452 g/mol. The van der Waals surface area contributed by atoms with Crippen LogP contribution >= 0.6 is 0 Å². The summed E-state index contributed by atoms with van der Waals surface area (Å²) >= 11 is 0. The first kappa shape index (κ1) is 20.8. The summed E-state index contributed by atoms with van der Waals surface area (Å²) in [7, 11) is -2.31. The van der Waals surface area contributed by atoms with Gasteiger partial charge in [0, 0.05) is 13.2 Å². The van der Waals surface area contributed by atoms with E-state index in [1.54, 1.807) is 0 Å². The zero-order valence-electron chi connectivity index (χ0n) is 16.2. The highest BCUT2D eigenvalue weighted by atomic mass is 32.2. The molecule has 0 unspecified atom stereocenters. The molecule has 31 heavy (non-hydrogen) atoms. The predicted octanol–water partition coefficient (Wildman–Crippen LogP) is 2.19. The first-order chi connectivity index (χ1) is 14.4. The van der Waals surface area contributed by atoms with E-state index in [2.05, 4.69) is 15.1 Å². The minimum Gasteiger partial charge on any atom is -0.366 e. The van der Waals surface area contributed by atoms with Crippen LogP contribution in [-0.2, 0) is 23.1 Å². The van der Waals surface area contributed by atoms with Gasteiger partial charge in [-0.1, -0.05) is 6.92 Å². The molecule has 2 N–H and O–H groups in total. The Balaban J connectivity index is 2.05. The van der Waals surface area contributed by atoms with Gasteiger partial charge in [0.05, 0.1) is 34.1 Å². The number of alkyl halides is 3. The quantitative estimate of drug-likeness (QED) is 0.506. The van der Waals surface area contributed by atoms with E-state index in [0.29, 0.717) is 0 Å². The second-order valence-corrected chi connectivity index (χ2v) is 8.96. The second-order valence-electron chi connectivity index (χ2n) is 6.74. The van der Waals surface area contributed by atoms with Gasteiger partial charge in [-0.05, 0) is 18.2 Å². The van der Waals surface area contributed by atoms with Crippen molar-refractivity contribution in [2.24, 2.45) is 12.8 Å². The van der Waals surface area contributed by atoms with E-state index >= 15 is 0 Å². The number of hydrogen-bond acceptors (Lipinski definition) is 6. The number of sulfone groups is 1. The number of nitrogens with two attached hydrogens (primary N) is 1. The van der Waals surface area contributed by atoms with Crippen molar-refractivity contribution in [2.75, 3.05) is 5.75 Å². The number of rotatable bonds is 4. The zero-order chi connectivity index (χ0) is 22.7. The highest BCUT2D eigenvalue weighted by Crippen LogP contribution is 2.34. The SMILES string of the molecule is CCS(=O)(=O)c1c(-c2nc3cc(C(F)(F)F)ncc3n2C)nn2cc(C(N)=O)ccc12. The van der Waals surface area contributed by atoms with E-state index in [9.17, 15) is 26.4 Å². The molecule has 0 aliphatic heterocycles. The summed E-state index contributed by atoms with van der Waals surface area (Å²) in [6, 6.07) is 3.55. The lowest BCUT2D eigenvalue weighted by molar-refractivity contribution is -0.141. The molecule has 0 fully saturated rings. The van der Waals surface area contributed by atoms with Gasteiger partial charge in [-0.15, -0.1) is 0 Å². The summed E-state index contributed by atoms with van der Waals surface area (Å²) in [5.74, 6) is -0.942. The third-order valence-corrected chi connectivity index (χ3v) is 6.61. The molecule has 0 aromatic carbocycles. The van der Waals surface area contributed by atoms with Gasteiger partial charge in [-0.3, -0.25) is 4.79 Å². The maximum atomic E-state index is 13.0. The number of aromatic nitrogens is 5. The Bertz CT molecular complexity index is 1470. The van der Waals surface area contributed by atoms with Crippen LogP contribution in [0, 0.1) is 0 Å². The fourth-order valence-electron chi connectivity index (χ4n) is 3.22. The van der Waals surface area contributed by atoms with Gasteiger partial charge in [0.1, 0.15) is 16.3 Å². The molecule has 4 aromatic heterocycles. The molecule has 13 heteroatoms. The van der Waals surface area contributed by atoms with E-state index in [4.69, 9.17) is 5.73 Å². The Morgan fingerprint density at radius 3 is 2.55 bits per heavy atom. The highest BCUT2D eigenvalue weighted by molar-refractivity contribution is 7.91. The summed E-state index contributed by atoms with van der Waals surface area (Å²) in [5.41, 5.74) is 4.63. The van der Waals surface area contributed by atoms with Crippen LogP contribution < -0.4 is 5.73 Å². The van der Waals surface area contributed by atoms with Crippen LogP contribution in [0.1, 0.15) is 23.0 Å². The fraction of sp³-hybridized carbons (Fsp3) is 0.222. The number of pyridine rings is 2. The molecule has 0 bridgehead atoms. The van der Waals surface area contributed by atoms with Crippen LogP contribution in [0.25, 0.3) is 28.1 Å². The molecule has 0 saturated heterocycles. The zero-order valence-corrected chi connectivity index (χ0v) is 17.0. The van der Waals surface area contributed by atoms with Crippen molar-refractivity contribution < 1.29 is 26.4 Å². The number of amides is 1. The lowest BCUT2D eigenvalue weighted by Gasteiger charge is -2.05. The molecule has 4 rings (SSSR count). The molecular formula is C18H15F3N6O3S. The van der Waals surface area contributed by atoms with Crippen LogP contribution in [0.15, 0.2) is 35.5 Å². The fourth-order valence-corrected chi connectivity index (χ4v) is 4.42. The first-order valence-electron chi connectivity index (χ1n) is 8.89. The Morgan fingerprint density at radius 2 is 1.94 bits per heavy atom. The van der Waals surface area contributed by atoms with Gasteiger partial charge < -0.3 is 10.3 Å². The lowest BCUT2D eigenvalue weighted by atomic mass is 10.2. The van der Waals surface area contributed by atoms with Crippen molar-refractivity contribution in [2.45, 2.75) is 18.0 Å². The number of halogens is 3. The van der Waals surface area contributed by atoms with E-state index in [1.807, 2.05) is 0 Å². The van der Waals surface area contributed by atoms with Gasteiger partial charge >= 0.3 is 6.18 Å².